The van der Waals surface area contributed by atoms with E-state index in [-0.39, 0.29) is 5.91 Å². The van der Waals surface area contributed by atoms with E-state index < -0.39 is 0 Å². The molecule has 3 heteroatoms. The lowest BCUT2D eigenvalue weighted by atomic mass is 10.2. The van der Waals surface area contributed by atoms with Gasteiger partial charge in [-0.2, -0.15) is 0 Å². The molecule has 0 bridgehead atoms. The minimum Gasteiger partial charge on any atom is -0.340 e. The maximum Gasteiger partial charge on any atom is 0.236 e. The van der Waals surface area contributed by atoms with Gasteiger partial charge in [0.1, 0.15) is 0 Å². The highest BCUT2D eigenvalue weighted by Gasteiger charge is 2.07. The number of nitrogens with zero attached hydrogens (tertiary/aromatic N) is 1. The van der Waals surface area contributed by atoms with E-state index in [1.165, 1.54) is 0 Å². The summed E-state index contributed by atoms with van der Waals surface area (Å²) in [4.78, 5) is 13.4. The van der Waals surface area contributed by atoms with E-state index in [4.69, 9.17) is 0 Å². The molecule has 88 valence electrons. The highest BCUT2D eigenvalue weighted by atomic mass is 16.2. The van der Waals surface area contributed by atoms with Crippen LogP contribution in [-0.2, 0) is 11.3 Å². The first kappa shape index (κ1) is 12.7. The molecule has 0 atom stereocenters. The van der Waals surface area contributed by atoms with Crippen LogP contribution in [-0.4, -0.2) is 30.9 Å². The van der Waals surface area contributed by atoms with E-state index in [1.807, 2.05) is 37.4 Å². The second-order valence-corrected chi connectivity index (χ2v) is 3.91. The van der Waals surface area contributed by atoms with E-state index in [0.717, 1.165) is 18.5 Å². The average molecular weight is 220 g/mol. The van der Waals surface area contributed by atoms with Crippen molar-refractivity contribution in [3.05, 3.63) is 35.9 Å². The van der Waals surface area contributed by atoms with Gasteiger partial charge in [-0.25, -0.2) is 0 Å². The summed E-state index contributed by atoms with van der Waals surface area (Å²) in [6.07, 6.45) is 1.05. The van der Waals surface area contributed by atoms with E-state index in [0.29, 0.717) is 13.1 Å². The summed E-state index contributed by atoms with van der Waals surface area (Å²) >= 11 is 0. The Morgan fingerprint density at radius 2 is 2.00 bits per heavy atom. The van der Waals surface area contributed by atoms with E-state index in [2.05, 4.69) is 12.2 Å². The monoisotopic (exact) mass is 220 g/mol. The molecule has 0 aromatic heterocycles. The average Bonchev–Trinajstić information content (AvgIpc) is 2.30. The van der Waals surface area contributed by atoms with Crippen LogP contribution in [0.4, 0.5) is 0 Å². The van der Waals surface area contributed by atoms with Crippen molar-refractivity contribution in [1.29, 1.82) is 0 Å². The number of carbonyl (C=O) groups excluding carboxylic acids is 1. The Labute approximate surface area is 97.5 Å². The van der Waals surface area contributed by atoms with Crippen LogP contribution >= 0.6 is 0 Å². The molecule has 1 amide bonds. The zero-order valence-electron chi connectivity index (χ0n) is 10.1. The molecule has 1 aromatic carbocycles. The summed E-state index contributed by atoms with van der Waals surface area (Å²) in [7, 11) is 1.84. The number of rotatable bonds is 6. The van der Waals surface area contributed by atoms with Crippen LogP contribution in [0.3, 0.4) is 0 Å². The number of amides is 1. The van der Waals surface area contributed by atoms with E-state index in [1.54, 1.807) is 4.90 Å². The van der Waals surface area contributed by atoms with Gasteiger partial charge < -0.3 is 10.2 Å². The van der Waals surface area contributed by atoms with Gasteiger partial charge in [0.2, 0.25) is 5.91 Å². The fourth-order valence-electron chi connectivity index (χ4n) is 1.45. The van der Waals surface area contributed by atoms with Crippen LogP contribution in [0, 0.1) is 0 Å². The second kappa shape index (κ2) is 7.01. The molecule has 0 aliphatic heterocycles. The quantitative estimate of drug-likeness (QED) is 0.739. The summed E-state index contributed by atoms with van der Waals surface area (Å²) in [6, 6.07) is 10.0. The van der Waals surface area contributed by atoms with E-state index in [9.17, 15) is 4.79 Å². The van der Waals surface area contributed by atoms with Gasteiger partial charge in [0.25, 0.3) is 0 Å². The molecule has 0 aliphatic carbocycles. The molecule has 0 fully saturated rings. The van der Waals surface area contributed by atoms with Gasteiger partial charge in [-0.05, 0) is 18.5 Å². The Morgan fingerprint density at radius 1 is 1.31 bits per heavy atom. The molecule has 1 rings (SSSR count). The van der Waals surface area contributed by atoms with Crippen molar-refractivity contribution in [2.45, 2.75) is 19.9 Å². The maximum absolute atomic E-state index is 11.7. The Bertz CT molecular complexity index is 311. The van der Waals surface area contributed by atoms with Crippen LogP contribution in [0.15, 0.2) is 30.3 Å². The van der Waals surface area contributed by atoms with Crippen LogP contribution < -0.4 is 5.32 Å². The molecule has 1 N–H and O–H groups in total. The number of likely N-dealkylation sites (N-methyl/N-ethyl adjacent to an activating group) is 1. The first-order valence-corrected chi connectivity index (χ1v) is 5.72. The van der Waals surface area contributed by atoms with Crippen molar-refractivity contribution in [1.82, 2.24) is 10.2 Å². The molecular weight excluding hydrogens is 200 g/mol. The zero-order chi connectivity index (χ0) is 11.8. The highest BCUT2D eigenvalue weighted by molar-refractivity contribution is 5.77. The largest absolute Gasteiger partial charge is 0.340 e. The molecule has 0 unspecified atom stereocenters. The van der Waals surface area contributed by atoms with Gasteiger partial charge in [-0.15, -0.1) is 0 Å². The Hall–Kier alpha value is -1.35. The highest BCUT2D eigenvalue weighted by Crippen LogP contribution is 2.02. The topological polar surface area (TPSA) is 32.3 Å². The fraction of sp³-hybridized carbons (Fsp3) is 0.462. The number of benzene rings is 1. The van der Waals surface area contributed by atoms with Crippen LogP contribution in [0.1, 0.15) is 18.9 Å². The molecular formula is C13H20N2O. The summed E-state index contributed by atoms with van der Waals surface area (Å²) in [6.45, 7) is 4.08. The van der Waals surface area contributed by atoms with Crippen molar-refractivity contribution >= 4 is 5.91 Å². The molecule has 16 heavy (non-hydrogen) atoms. The summed E-state index contributed by atoms with van der Waals surface area (Å²) in [5.41, 5.74) is 1.16. The molecule has 0 heterocycles. The minimum absolute atomic E-state index is 0.136. The van der Waals surface area contributed by atoms with Gasteiger partial charge >= 0.3 is 0 Å². The molecule has 0 saturated heterocycles. The Kier molecular flexibility index (Phi) is 5.57. The van der Waals surface area contributed by atoms with Crippen molar-refractivity contribution in [2.24, 2.45) is 0 Å². The van der Waals surface area contributed by atoms with Crippen LogP contribution in [0.2, 0.25) is 0 Å². The zero-order valence-corrected chi connectivity index (χ0v) is 10.1. The van der Waals surface area contributed by atoms with Crippen molar-refractivity contribution in [3.8, 4) is 0 Å². The smallest absolute Gasteiger partial charge is 0.236 e. The molecule has 1 aromatic rings. The first-order chi connectivity index (χ1) is 7.74. The molecule has 0 saturated carbocycles. The molecule has 0 spiro atoms. The fourth-order valence-corrected chi connectivity index (χ4v) is 1.45. The molecule has 0 aliphatic rings. The first-order valence-electron chi connectivity index (χ1n) is 5.72. The van der Waals surface area contributed by atoms with Gasteiger partial charge in [-0.3, -0.25) is 4.79 Å². The Balaban J connectivity index is 2.34. The van der Waals surface area contributed by atoms with Gasteiger partial charge in [0, 0.05) is 13.6 Å². The van der Waals surface area contributed by atoms with Crippen molar-refractivity contribution in [2.75, 3.05) is 20.1 Å². The van der Waals surface area contributed by atoms with Crippen LogP contribution in [0.5, 0.6) is 0 Å². The third-order valence-corrected chi connectivity index (χ3v) is 2.39. The van der Waals surface area contributed by atoms with Crippen molar-refractivity contribution in [3.63, 3.8) is 0 Å². The lowest BCUT2D eigenvalue weighted by Crippen LogP contribution is -2.35. The Morgan fingerprint density at radius 3 is 2.62 bits per heavy atom. The minimum atomic E-state index is 0.136. The predicted octanol–water partition coefficient (Wildman–Crippen LogP) is 1.64. The van der Waals surface area contributed by atoms with Gasteiger partial charge in [0.15, 0.2) is 0 Å². The lowest BCUT2D eigenvalue weighted by molar-refractivity contribution is -0.129. The third-order valence-electron chi connectivity index (χ3n) is 2.39. The number of hydrogen-bond donors (Lipinski definition) is 1. The van der Waals surface area contributed by atoms with Gasteiger partial charge in [0.05, 0.1) is 6.54 Å². The molecule has 0 radical (unpaired) electrons. The maximum atomic E-state index is 11.7. The normalized spacial score (nSPS) is 10.1. The third kappa shape index (κ3) is 4.45. The van der Waals surface area contributed by atoms with Crippen molar-refractivity contribution < 1.29 is 4.79 Å². The number of hydrogen-bond acceptors (Lipinski definition) is 2. The van der Waals surface area contributed by atoms with E-state index >= 15 is 0 Å². The molecule has 3 nitrogen and oxygen atoms in total. The van der Waals surface area contributed by atoms with Crippen LogP contribution in [0.25, 0.3) is 0 Å². The number of carbonyl (C=O) groups is 1. The second-order valence-electron chi connectivity index (χ2n) is 3.91. The summed E-state index contributed by atoms with van der Waals surface area (Å²) in [5.74, 6) is 0.136. The lowest BCUT2D eigenvalue weighted by Gasteiger charge is -2.17. The SMILES string of the molecule is CCCNCC(=O)N(C)Cc1ccccc1. The summed E-state index contributed by atoms with van der Waals surface area (Å²) < 4.78 is 0. The standard InChI is InChI=1S/C13H20N2O/c1-3-9-14-10-13(16)15(2)11-12-7-5-4-6-8-12/h4-8,14H,3,9-11H2,1-2H3. The number of nitrogens with one attached hydrogen (secondary N) is 1. The predicted molar refractivity (Wildman–Crippen MR) is 66.1 cm³/mol. The van der Waals surface area contributed by atoms with Gasteiger partial charge in [-0.1, -0.05) is 37.3 Å². The summed E-state index contributed by atoms with van der Waals surface area (Å²) in [5, 5.41) is 3.11.